The maximum Gasteiger partial charge on any atom is 0.426 e. The average molecular weight is 182 g/mol. The summed E-state index contributed by atoms with van der Waals surface area (Å²) in [7, 11) is 1.37. The van der Waals surface area contributed by atoms with Gasteiger partial charge in [0.1, 0.15) is 0 Å². The minimum Gasteiger partial charge on any atom is -0.595 e. The number of benzene rings is 1. The Kier molecular flexibility index (Phi) is 2.76. The van der Waals surface area contributed by atoms with Crippen LogP contribution in [-0.4, -0.2) is 12.3 Å². The van der Waals surface area contributed by atoms with Crippen molar-refractivity contribution in [1.29, 1.82) is 5.39 Å². The minimum absolute atomic E-state index is 0.0873. The second-order valence-electron chi connectivity index (χ2n) is 2.29. The Hall–Kier alpha value is -1.68. The summed E-state index contributed by atoms with van der Waals surface area (Å²) in [6, 6.07) is 3.99. The molecule has 0 heterocycles. The van der Waals surface area contributed by atoms with Gasteiger partial charge in [-0.05, 0) is 0 Å². The van der Waals surface area contributed by atoms with E-state index in [0.29, 0.717) is 0 Å². The highest BCUT2D eigenvalue weighted by Crippen LogP contribution is 2.28. The van der Waals surface area contributed by atoms with Crippen LogP contribution < -0.4 is 9.96 Å². The Bertz CT molecular complexity index is 345. The molecule has 1 rings (SSSR count). The Morgan fingerprint density at radius 2 is 2.31 bits per heavy atom. The average Bonchev–Trinajstić information content (AvgIpc) is 2.16. The number of rotatable bonds is 2. The molecule has 1 aromatic carbocycles. The SMILES string of the molecule is COc1cc([NH+]([O-])O)ccc1[N+]#N. The zero-order valence-corrected chi connectivity index (χ0v) is 6.89. The lowest BCUT2D eigenvalue weighted by Crippen LogP contribution is -2.99. The molecule has 2 N–H and O–H groups in total. The van der Waals surface area contributed by atoms with Crippen molar-refractivity contribution >= 4 is 11.4 Å². The van der Waals surface area contributed by atoms with E-state index in [1.807, 2.05) is 0 Å². The first-order chi connectivity index (χ1) is 6.19. The summed E-state index contributed by atoms with van der Waals surface area (Å²) in [5, 5.41) is 26.6. The van der Waals surface area contributed by atoms with Gasteiger partial charge in [0, 0.05) is 12.1 Å². The summed E-state index contributed by atoms with van der Waals surface area (Å²) in [4.78, 5) is 2.92. The number of nitrogens with one attached hydrogen (secondary N) is 1. The van der Waals surface area contributed by atoms with Crippen molar-refractivity contribution in [1.82, 2.24) is 0 Å². The fourth-order valence-electron chi connectivity index (χ4n) is 0.893. The number of diazo groups is 1. The molecule has 1 atom stereocenters. The Labute approximate surface area is 74.1 Å². The molecule has 0 saturated carbocycles. The molecule has 1 unspecified atom stereocenters. The van der Waals surface area contributed by atoms with Crippen molar-refractivity contribution in [2.24, 2.45) is 0 Å². The standard InChI is InChI=1S/C7H8N3O3/c1-13-7-4-5(10(11)12)2-3-6(7)9-8/h2-4,10-11H,1H3/q+1. The van der Waals surface area contributed by atoms with Crippen LogP contribution in [0.5, 0.6) is 5.75 Å². The molecule has 0 aliphatic rings. The van der Waals surface area contributed by atoms with Gasteiger partial charge >= 0.3 is 5.69 Å². The summed E-state index contributed by atoms with van der Waals surface area (Å²) in [6.07, 6.45) is 0. The third-order valence-corrected chi connectivity index (χ3v) is 1.53. The number of ether oxygens (including phenoxy) is 1. The van der Waals surface area contributed by atoms with Gasteiger partial charge in [0.05, 0.1) is 13.2 Å². The van der Waals surface area contributed by atoms with Crippen molar-refractivity contribution in [3.63, 3.8) is 0 Å². The van der Waals surface area contributed by atoms with Gasteiger partial charge in [-0.1, -0.05) is 0 Å². The molecule has 0 amide bonds. The predicted molar refractivity (Wildman–Crippen MR) is 43.5 cm³/mol. The molecule has 68 valence electrons. The maximum atomic E-state index is 10.5. The molecule has 0 aliphatic carbocycles. The molecule has 0 fully saturated rings. The molecule has 0 saturated heterocycles. The number of quaternary nitrogens is 1. The highest BCUT2D eigenvalue weighted by Gasteiger charge is 2.16. The topological polar surface area (TPSA) is 85.1 Å². The third-order valence-electron chi connectivity index (χ3n) is 1.53. The van der Waals surface area contributed by atoms with Crippen LogP contribution in [0.1, 0.15) is 0 Å². The van der Waals surface area contributed by atoms with Crippen LogP contribution in [0, 0.1) is 10.6 Å². The van der Waals surface area contributed by atoms with E-state index < -0.39 is 5.23 Å². The van der Waals surface area contributed by atoms with Gasteiger partial charge in [-0.15, -0.1) is 0 Å². The molecular formula is C7H8N3O3+. The molecule has 6 nitrogen and oxygen atoms in total. The zero-order valence-electron chi connectivity index (χ0n) is 6.89. The fourth-order valence-corrected chi connectivity index (χ4v) is 0.893. The third kappa shape index (κ3) is 1.91. The van der Waals surface area contributed by atoms with Gasteiger partial charge in [0.15, 0.2) is 10.7 Å². The number of methoxy groups -OCH3 is 1. The quantitative estimate of drug-likeness (QED) is 0.517. The first kappa shape index (κ1) is 9.41. The lowest BCUT2D eigenvalue weighted by Gasteiger charge is -2.10. The zero-order chi connectivity index (χ0) is 9.84. The van der Waals surface area contributed by atoms with Crippen molar-refractivity contribution < 1.29 is 15.2 Å². The number of hydrogen-bond acceptors (Lipinski definition) is 4. The highest BCUT2D eigenvalue weighted by molar-refractivity contribution is 5.60. The molecule has 0 spiro atoms. The van der Waals surface area contributed by atoms with E-state index in [9.17, 15) is 5.21 Å². The first-order valence-electron chi connectivity index (χ1n) is 3.45. The molecule has 1 aromatic rings. The van der Waals surface area contributed by atoms with Gasteiger partial charge in [0.2, 0.25) is 11.1 Å². The normalized spacial score (nSPS) is 11.8. The molecule has 0 aliphatic heterocycles. The summed E-state index contributed by atoms with van der Waals surface area (Å²) >= 11 is 0. The molecule has 0 bridgehead atoms. The van der Waals surface area contributed by atoms with Crippen LogP contribution in [0.4, 0.5) is 11.4 Å². The monoisotopic (exact) mass is 182 g/mol. The summed E-state index contributed by atoms with van der Waals surface area (Å²) in [6.45, 7) is 0. The van der Waals surface area contributed by atoms with E-state index in [1.165, 1.54) is 25.3 Å². The van der Waals surface area contributed by atoms with Gasteiger partial charge in [-0.2, -0.15) is 5.23 Å². The van der Waals surface area contributed by atoms with Crippen molar-refractivity contribution in [3.8, 4) is 5.75 Å². The summed E-state index contributed by atoms with van der Waals surface area (Å²) in [5.41, 5.74) is 0.289. The van der Waals surface area contributed by atoms with E-state index >= 15 is 0 Å². The molecule has 13 heavy (non-hydrogen) atoms. The number of hydrogen-bond donors (Lipinski definition) is 2. The predicted octanol–water partition coefficient (Wildman–Crippen LogP) is 0.583. The summed E-state index contributed by atoms with van der Waals surface area (Å²) in [5.74, 6) is 0.224. The smallest absolute Gasteiger partial charge is 0.426 e. The number of nitrogens with zero attached hydrogens (tertiary/aromatic N) is 2. The van der Waals surface area contributed by atoms with Crippen LogP contribution in [-0.2, 0) is 0 Å². The van der Waals surface area contributed by atoms with E-state index in [-0.39, 0.29) is 17.1 Å². The molecule has 0 radical (unpaired) electrons. The van der Waals surface area contributed by atoms with Crippen LogP contribution in [0.2, 0.25) is 0 Å². The minimum atomic E-state index is -1.05. The van der Waals surface area contributed by atoms with Crippen molar-refractivity contribution in [2.75, 3.05) is 7.11 Å². The highest BCUT2D eigenvalue weighted by atomic mass is 16.8. The fraction of sp³-hybridized carbons (Fsp3) is 0.143. The van der Waals surface area contributed by atoms with E-state index in [1.54, 1.807) is 0 Å². The molecular weight excluding hydrogens is 174 g/mol. The largest absolute Gasteiger partial charge is 0.595 e. The van der Waals surface area contributed by atoms with Crippen molar-refractivity contribution in [3.05, 3.63) is 28.4 Å². The lowest BCUT2D eigenvalue weighted by molar-refractivity contribution is -0.991. The van der Waals surface area contributed by atoms with Crippen molar-refractivity contribution in [2.45, 2.75) is 0 Å². The van der Waals surface area contributed by atoms with Crippen LogP contribution >= 0.6 is 0 Å². The Balaban J connectivity index is 3.15. The van der Waals surface area contributed by atoms with Crippen LogP contribution in [0.25, 0.3) is 4.98 Å². The van der Waals surface area contributed by atoms with Gasteiger partial charge in [0.25, 0.3) is 0 Å². The van der Waals surface area contributed by atoms with Gasteiger partial charge in [-0.3, -0.25) is 0 Å². The van der Waals surface area contributed by atoms with Crippen LogP contribution in [0.3, 0.4) is 0 Å². The maximum absolute atomic E-state index is 10.5. The Morgan fingerprint density at radius 1 is 1.62 bits per heavy atom. The molecule has 6 heteroatoms. The van der Waals surface area contributed by atoms with E-state index in [4.69, 9.17) is 15.3 Å². The van der Waals surface area contributed by atoms with Crippen LogP contribution in [0.15, 0.2) is 18.2 Å². The summed E-state index contributed by atoms with van der Waals surface area (Å²) < 4.78 is 4.81. The second kappa shape index (κ2) is 3.82. The first-order valence-corrected chi connectivity index (χ1v) is 3.45. The Morgan fingerprint density at radius 3 is 2.77 bits per heavy atom. The van der Waals surface area contributed by atoms with E-state index in [2.05, 4.69) is 4.98 Å². The lowest BCUT2D eigenvalue weighted by atomic mass is 10.2. The van der Waals surface area contributed by atoms with Gasteiger partial charge in [-0.25, -0.2) is 5.21 Å². The van der Waals surface area contributed by atoms with Gasteiger partial charge < -0.3 is 9.94 Å². The van der Waals surface area contributed by atoms with E-state index in [0.717, 1.165) is 0 Å². The second-order valence-corrected chi connectivity index (χ2v) is 2.29. The molecule has 0 aromatic heterocycles.